The Hall–Kier alpha value is -0.993. The van der Waals surface area contributed by atoms with Crippen molar-refractivity contribution >= 4 is 17.9 Å². The maximum Gasteiger partial charge on any atom is 0.303 e. The van der Waals surface area contributed by atoms with E-state index in [-0.39, 0.29) is 41.7 Å². The van der Waals surface area contributed by atoms with Crippen molar-refractivity contribution in [2.24, 2.45) is 0 Å². The molecule has 0 rings (SSSR count). The molecule has 0 heterocycles. The number of hydrogen-bond acceptors (Lipinski definition) is 3. The molecule has 0 aromatic rings. The van der Waals surface area contributed by atoms with Gasteiger partial charge in [0.15, 0.2) is 0 Å². The van der Waals surface area contributed by atoms with Gasteiger partial charge in [-0.05, 0) is 77.0 Å². The first-order valence-electron chi connectivity index (χ1n) is 19.9. The fourth-order valence-electron chi connectivity index (χ4n) is 4.88. The predicted octanol–water partition coefficient (Wildman–Crippen LogP) is 13.6. The third-order valence-electron chi connectivity index (χ3n) is 7.96. The van der Waals surface area contributed by atoms with E-state index in [1.165, 1.54) is 135 Å². The summed E-state index contributed by atoms with van der Waals surface area (Å²) < 4.78 is 0. The zero-order chi connectivity index (χ0) is 36.2. The molecule has 0 aliphatic heterocycles. The minimum atomic E-state index is -0.668. The summed E-state index contributed by atoms with van der Waals surface area (Å²) >= 11 is 0. The summed E-state index contributed by atoms with van der Waals surface area (Å²) in [4.78, 5) is 30.8. The molecule has 286 valence electrons. The topological polar surface area (TPSA) is 112 Å². The van der Waals surface area contributed by atoms with Crippen LogP contribution >= 0.6 is 0 Å². The van der Waals surface area contributed by atoms with Gasteiger partial charge in [-0.25, -0.2) is 0 Å². The number of allylic oxidation sites excluding steroid dienone is 6. The number of unbranched alkanes of at least 4 members (excludes halogenated alkanes) is 21. The van der Waals surface area contributed by atoms with Crippen LogP contribution in [0.2, 0.25) is 0 Å². The molecule has 3 N–H and O–H groups in total. The molecule has 7 heteroatoms. The SMILES string of the molecule is CCCC/C=C\CCCCCCCC(=O)O.CCCC/C=C\CCCCCCCC(=O)O.CCCC/C=C\CCCCCCCC(=O)O.[Ce]. The van der Waals surface area contributed by atoms with Gasteiger partial charge in [0.2, 0.25) is 0 Å². The summed E-state index contributed by atoms with van der Waals surface area (Å²) in [6.07, 6.45) is 46.3. The van der Waals surface area contributed by atoms with Crippen molar-refractivity contribution in [2.45, 2.75) is 213 Å². The van der Waals surface area contributed by atoms with Crippen LogP contribution in [0.1, 0.15) is 213 Å². The van der Waals surface area contributed by atoms with Crippen LogP contribution in [0.5, 0.6) is 0 Å². The molecule has 6 nitrogen and oxygen atoms in total. The van der Waals surface area contributed by atoms with Crippen molar-refractivity contribution in [1.82, 2.24) is 0 Å². The third-order valence-corrected chi connectivity index (χ3v) is 7.96. The molecule has 0 unspecified atom stereocenters. The van der Waals surface area contributed by atoms with Crippen LogP contribution in [0.15, 0.2) is 36.5 Å². The Morgan fingerprint density at radius 2 is 0.510 bits per heavy atom. The Kier molecular flexibility index (Phi) is 57.4. The molecule has 0 aliphatic rings. The summed E-state index contributed by atoms with van der Waals surface area (Å²) in [6.45, 7) is 6.64. The molecule has 0 atom stereocenters. The first-order chi connectivity index (χ1) is 23.3. The monoisotopic (exact) mass is 818 g/mol. The second-order valence-corrected chi connectivity index (χ2v) is 12.9. The van der Waals surface area contributed by atoms with Crippen molar-refractivity contribution in [3.63, 3.8) is 0 Å². The Balaban J connectivity index is -0.000000307. The standard InChI is InChI=1S/3C14H26O2.Ce/c3*1-2-3-4-5-6-7-8-9-10-11-12-13-14(15)16;/h3*5-6H,2-4,7-13H2,1H3,(H,15,16);/b3*6-5-;. The van der Waals surface area contributed by atoms with Crippen molar-refractivity contribution in [3.8, 4) is 0 Å². The molecule has 0 aliphatic carbocycles. The van der Waals surface area contributed by atoms with Crippen molar-refractivity contribution in [1.29, 1.82) is 0 Å². The fraction of sp³-hybridized carbons (Fsp3) is 0.786. The van der Waals surface area contributed by atoms with Crippen LogP contribution in [-0.2, 0) is 14.4 Å². The molecule has 0 aromatic heterocycles. The largest absolute Gasteiger partial charge is 0.481 e. The van der Waals surface area contributed by atoms with Gasteiger partial charge in [0.1, 0.15) is 0 Å². The number of carboxylic acids is 3. The summed E-state index contributed by atoms with van der Waals surface area (Å²) in [5.41, 5.74) is 0. The summed E-state index contributed by atoms with van der Waals surface area (Å²) in [5.74, 6) is -2.00. The van der Waals surface area contributed by atoms with Gasteiger partial charge in [-0.2, -0.15) is 0 Å². The van der Waals surface area contributed by atoms with Gasteiger partial charge in [0.25, 0.3) is 0 Å². The number of rotatable bonds is 33. The smallest absolute Gasteiger partial charge is 0.303 e. The molecule has 49 heavy (non-hydrogen) atoms. The van der Waals surface area contributed by atoms with Crippen LogP contribution in [0, 0.1) is 41.7 Å². The molecule has 0 saturated carbocycles. The van der Waals surface area contributed by atoms with E-state index in [1.54, 1.807) is 0 Å². The van der Waals surface area contributed by atoms with E-state index in [2.05, 4.69) is 57.2 Å². The Bertz CT molecular complexity index is 662. The van der Waals surface area contributed by atoms with Gasteiger partial charge in [-0.15, -0.1) is 0 Å². The van der Waals surface area contributed by atoms with Gasteiger partial charge in [0.05, 0.1) is 0 Å². The van der Waals surface area contributed by atoms with E-state index in [0.717, 1.165) is 38.5 Å². The zero-order valence-electron chi connectivity index (χ0n) is 32.2. The predicted molar refractivity (Wildman–Crippen MR) is 206 cm³/mol. The van der Waals surface area contributed by atoms with Gasteiger partial charge in [0, 0.05) is 61.0 Å². The van der Waals surface area contributed by atoms with Gasteiger partial charge in [-0.1, -0.05) is 154 Å². The second-order valence-electron chi connectivity index (χ2n) is 12.9. The van der Waals surface area contributed by atoms with Crippen molar-refractivity contribution in [2.75, 3.05) is 0 Å². The minimum Gasteiger partial charge on any atom is -0.481 e. The van der Waals surface area contributed by atoms with E-state index in [4.69, 9.17) is 15.3 Å². The van der Waals surface area contributed by atoms with Crippen LogP contribution in [0.4, 0.5) is 0 Å². The Morgan fingerprint density at radius 3 is 0.714 bits per heavy atom. The normalized spacial score (nSPS) is 10.8. The molecule has 0 aromatic carbocycles. The summed E-state index contributed by atoms with van der Waals surface area (Å²) in [6, 6.07) is 0. The zero-order valence-corrected chi connectivity index (χ0v) is 35.4. The number of carbonyl (C=O) groups is 3. The summed E-state index contributed by atoms with van der Waals surface area (Å²) in [5, 5.41) is 25.3. The van der Waals surface area contributed by atoms with Crippen LogP contribution in [-0.4, -0.2) is 33.2 Å². The number of hydrogen-bond donors (Lipinski definition) is 3. The molecular formula is C42H78CeO6. The van der Waals surface area contributed by atoms with Crippen LogP contribution in [0.25, 0.3) is 0 Å². The Labute approximate surface area is 336 Å². The Morgan fingerprint density at radius 1 is 0.327 bits per heavy atom. The van der Waals surface area contributed by atoms with Crippen molar-refractivity contribution < 1.29 is 71.5 Å². The van der Waals surface area contributed by atoms with E-state index >= 15 is 0 Å². The molecular weight excluding hydrogens is 741 g/mol. The first kappa shape index (κ1) is 54.8. The molecule has 0 fully saturated rings. The van der Waals surface area contributed by atoms with Crippen molar-refractivity contribution in [3.05, 3.63) is 36.5 Å². The fourth-order valence-corrected chi connectivity index (χ4v) is 4.88. The molecule has 0 spiro atoms. The second kappa shape index (κ2) is 51.4. The number of carboxylic acid groups (broad SMARTS) is 3. The molecule has 0 amide bonds. The maximum atomic E-state index is 10.3. The van der Waals surface area contributed by atoms with E-state index < -0.39 is 17.9 Å². The minimum absolute atomic E-state index is 0. The average Bonchev–Trinajstić information content (AvgIpc) is 3.05. The third kappa shape index (κ3) is 65.9. The van der Waals surface area contributed by atoms with E-state index in [0.29, 0.717) is 19.3 Å². The first-order valence-corrected chi connectivity index (χ1v) is 19.9. The molecule has 0 radical (unpaired) electrons. The van der Waals surface area contributed by atoms with Crippen LogP contribution < -0.4 is 0 Å². The molecule has 0 saturated heterocycles. The van der Waals surface area contributed by atoms with Crippen LogP contribution in [0.3, 0.4) is 0 Å². The summed E-state index contributed by atoms with van der Waals surface area (Å²) in [7, 11) is 0. The van der Waals surface area contributed by atoms with Gasteiger partial charge in [-0.3, -0.25) is 14.4 Å². The van der Waals surface area contributed by atoms with E-state index in [1.807, 2.05) is 0 Å². The maximum absolute atomic E-state index is 10.3. The van der Waals surface area contributed by atoms with Gasteiger partial charge >= 0.3 is 17.9 Å². The number of aliphatic carboxylic acids is 3. The van der Waals surface area contributed by atoms with E-state index in [9.17, 15) is 14.4 Å². The average molecular weight is 819 g/mol. The quantitative estimate of drug-likeness (QED) is 0.0449. The molecule has 0 bridgehead atoms. The van der Waals surface area contributed by atoms with Gasteiger partial charge < -0.3 is 15.3 Å².